The van der Waals surface area contributed by atoms with E-state index in [1.54, 1.807) is 6.08 Å². The van der Waals surface area contributed by atoms with Gasteiger partial charge in [0.05, 0.1) is 0 Å². The highest BCUT2D eigenvalue weighted by Gasteiger charge is 2.15. The molecule has 11 heavy (non-hydrogen) atoms. The molecule has 0 aliphatic heterocycles. The highest BCUT2D eigenvalue weighted by atomic mass is 17.0. The molecule has 0 aromatic carbocycles. The molecule has 2 atom stereocenters. The second kappa shape index (κ2) is 3.37. The maximum Gasteiger partial charge on any atom is 0.295 e. The molecule has 0 heterocycles. The largest absolute Gasteiger partial charge is 0.306 e. The molecular formula is C7H11NO3. The van der Waals surface area contributed by atoms with Gasteiger partial charge in [0.1, 0.15) is 6.10 Å². The first-order chi connectivity index (χ1) is 5.18. The van der Waals surface area contributed by atoms with Gasteiger partial charge in [0.25, 0.3) is 5.09 Å². The Kier molecular flexibility index (Phi) is 2.46. The van der Waals surface area contributed by atoms with Crippen LogP contribution in [0.4, 0.5) is 0 Å². The summed E-state index contributed by atoms with van der Waals surface area (Å²) in [5.74, 6) is 0.529. The fourth-order valence-electron chi connectivity index (χ4n) is 1.13. The lowest BCUT2D eigenvalue weighted by Crippen LogP contribution is -2.18. The number of hydrogen-bond acceptors (Lipinski definition) is 3. The van der Waals surface area contributed by atoms with E-state index in [2.05, 4.69) is 11.8 Å². The molecule has 0 saturated carbocycles. The van der Waals surface area contributed by atoms with Gasteiger partial charge in [0.15, 0.2) is 0 Å². The van der Waals surface area contributed by atoms with Gasteiger partial charge in [0, 0.05) is 0 Å². The Morgan fingerprint density at radius 3 is 2.73 bits per heavy atom. The van der Waals surface area contributed by atoms with E-state index in [1.807, 2.05) is 6.08 Å². The van der Waals surface area contributed by atoms with Gasteiger partial charge in [-0.25, -0.2) is 0 Å². The van der Waals surface area contributed by atoms with E-state index in [0.717, 1.165) is 12.8 Å². The van der Waals surface area contributed by atoms with E-state index in [1.165, 1.54) is 0 Å². The van der Waals surface area contributed by atoms with E-state index in [0.29, 0.717) is 5.92 Å². The predicted molar refractivity (Wildman–Crippen MR) is 39.4 cm³/mol. The van der Waals surface area contributed by atoms with Gasteiger partial charge in [-0.1, -0.05) is 19.1 Å². The summed E-state index contributed by atoms with van der Waals surface area (Å²) in [6, 6.07) is 0. The van der Waals surface area contributed by atoms with Crippen LogP contribution in [0.1, 0.15) is 19.8 Å². The molecule has 2 unspecified atom stereocenters. The van der Waals surface area contributed by atoms with Crippen LogP contribution in [0.5, 0.6) is 0 Å². The van der Waals surface area contributed by atoms with Gasteiger partial charge in [0.2, 0.25) is 0 Å². The molecule has 4 nitrogen and oxygen atoms in total. The van der Waals surface area contributed by atoms with E-state index in [4.69, 9.17) is 0 Å². The van der Waals surface area contributed by atoms with Gasteiger partial charge >= 0.3 is 0 Å². The molecular weight excluding hydrogens is 146 g/mol. The van der Waals surface area contributed by atoms with E-state index in [-0.39, 0.29) is 6.10 Å². The first-order valence-corrected chi connectivity index (χ1v) is 3.68. The Balaban J connectivity index is 2.38. The first kappa shape index (κ1) is 8.04. The van der Waals surface area contributed by atoms with Crippen molar-refractivity contribution in [2.75, 3.05) is 0 Å². The zero-order valence-electron chi connectivity index (χ0n) is 6.40. The highest BCUT2D eigenvalue weighted by molar-refractivity contribution is 4.97. The van der Waals surface area contributed by atoms with Crippen LogP contribution < -0.4 is 0 Å². The lowest BCUT2D eigenvalue weighted by atomic mass is 9.96. The molecule has 0 bridgehead atoms. The third kappa shape index (κ3) is 2.57. The van der Waals surface area contributed by atoms with Crippen LogP contribution in [0.2, 0.25) is 0 Å². The van der Waals surface area contributed by atoms with Crippen LogP contribution in [0.3, 0.4) is 0 Å². The Morgan fingerprint density at radius 2 is 2.27 bits per heavy atom. The summed E-state index contributed by atoms with van der Waals surface area (Å²) in [5, 5.41) is 9.17. The average molecular weight is 157 g/mol. The highest BCUT2D eigenvalue weighted by Crippen LogP contribution is 2.18. The van der Waals surface area contributed by atoms with Crippen molar-refractivity contribution in [2.24, 2.45) is 5.92 Å². The van der Waals surface area contributed by atoms with Crippen molar-refractivity contribution < 1.29 is 9.92 Å². The standard InChI is InChI=1S/C7H11NO3/c1-6-2-4-7(5-3-6)11-8(9)10/h2,4,6-7H,3,5H2,1H3. The van der Waals surface area contributed by atoms with Crippen molar-refractivity contribution in [3.63, 3.8) is 0 Å². The molecule has 1 aliphatic rings. The van der Waals surface area contributed by atoms with Crippen molar-refractivity contribution in [3.05, 3.63) is 22.3 Å². The van der Waals surface area contributed by atoms with Crippen LogP contribution >= 0.6 is 0 Å². The molecule has 0 radical (unpaired) electrons. The molecule has 0 amide bonds. The lowest BCUT2D eigenvalue weighted by Gasteiger charge is -2.17. The van der Waals surface area contributed by atoms with Crippen molar-refractivity contribution in [1.82, 2.24) is 0 Å². The van der Waals surface area contributed by atoms with Gasteiger partial charge in [-0.15, -0.1) is 10.1 Å². The number of allylic oxidation sites excluding steroid dienone is 1. The van der Waals surface area contributed by atoms with Crippen molar-refractivity contribution in [2.45, 2.75) is 25.9 Å². The van der Waals surface area contributed by atoms with Gasteiger partial charge in [-0.2, -0.15) is 0 Å². The molecule has 0 aromatic rings. The zero-order chi connectivity index (χ0) is 8.27. The Bertz CT molecular complexity index is 179. The zero-order valence-corrected chi connectivity index (χ0v) is 6.40. The summed E-state index contributed by atoms with van der Waals surface area (Å²) < 4.78 is 0. The summed E-state index contributed by atoms with van der Waals surface area (Å²) in [6.07, 6.45) is 5.11. The summed E-state index contributed by atoms with van der Waals surface area (Å²) in [5.41, 5.74) is 0. The summed E-state index contributed by atoms with van der Waals surface area (Å²) in [6.45, 7) is 2.08. The second-order valence-electron chi connectivity index (χ2n) is 2.81. The van der Waals surface area contributed by atoms with Crippen molar-refractivity contribution in [3.8, 4) is 0 Å². The molecule has 62 valence electrons. The molecule has 0 aromatic heterocycles. The minimum Gasteiger partial charge on any atom is -0.306 e. The van der Waals surface area contributed by atoms with Crippen LogP contribution in [-0.2, 0) is 4.84 Å². The molecule has 0 fully saturated rings. The molecule has 1 rings (SSSR count). The molecule has 4 heteroatoms. The van der Waals surface area contributed by atoms with Crippen LogP contribution in [0.25, 0.3) is 0 Å². The summed E-state index contributed by atoms with van der Waals surface area (Å²) in [7, 11) is 0. The average Bonchev–Trinajstić information content (AvgIpc) is 1.93. The Hall–Kier alpha value is -1.06. The Labute approximate surface area is 65.0 Å². The monoisotopic (exact) mass is 157 g/mol. The van der Waals surface area contributed by atoms with E-state index >= 15 is 0 Å². The quantitative estimate of drug-likeness (QED) is 0.347. The summed E-state index contributed by atoms with van der Waals surface area (Å²) >= 11 is 0. The SMILES string of the molecule is CC1C=CC(O[N+](=O)[O-])CC1. The normalized spacial score (nSPS) is 29.9. The topological polar surface area (TPSA) is 52.4 Å². The lowest BCUT2D eigenvalue weighted by molar-refractivity contribution is -0.765. The summed E-state index contributed by atoms with van der Waals surface area (Å²) in [4.78, 5) is 14.3. The molecule has 0 N–H and O–H groups in total. The fraction of sp³-hybridized carbons (Fsp3) is 0.714. The fourth-order valence-corrected chi connectivity index (χ4v) is 1.13. The third-order valence-corrected chi connectivity index (χ3v) is 1.78. The molecule has 0 spiro atoms. The van der Waals surface area contributed by atoms with Gasteiger partial charge in [-0.3, -0.25) is 0 Å². The number of nitrogens with zero attached hydrogens (tertiary/aromatic N) is 1. The minimum absolute atomic E-state index is 0.318. The smallest absolute Gasteiger partial charge is 0.295 e. The van der Waals surface area contributed by atoms with Gasteiger partial charge < -0.3 is 4.84 Å². The number of rotatable bonds is 2. The second-order valence-corrected chi connectivity index (χ2v) is 2.81. The van der Waals surface area contributed by atoms with Gasteiger partial charge in [-0.05, 0) is 18.8 Å². The first-order valence-electron chi connectivity index (χ1n) is 3.68. The maximum atomic E-state index is 9.90. The minimum atomic E-state index is -0.731. The van der Waals surface area contributed by atoms with E-state index in [9.17, 15) is 10.1 Å². The maximum absolute atomic E-state index is 9.90. The van der Waals surface area contributed by atoms with Crippen LogP contribution in [0, 0.1) is 16.0 Å². The van der Waals surface area contributed by atoms with Crippen molar-refractivity contribution in [1.29, 1.82) is 0 Å². The molecule has 0 saturated heterocycles. The predicted octanol–water partition coefficient (Wildman–Crippen LogP) is 1.55. The number of hydrogen-bond donors (Lipinski definition) is 0. The van der Waals surface area contributed by atoms with E-state index < -0.39 is 5.09 Å². The van der Waals surface area contributed by atoms with Crippen LogP contribution in [-0.4, -0.2) is 11.2 Å². The Morgan fingerprint density at radius 1 is 1.55 bits per heavy atom. The third-order valence-electron chi connectivity index (χ3n) is 1.78. The van der Waals surface area contributed by atoms with Crippen molar-refractivity contribution >= 4 is 0 Å². The molecule has 1 aliphatic carbocycles. The van der Waals surface area contributed by atoms with Crippen LogP contribution in [0.15, 0.2) is 12.2 Å².